The predicted molar refractivity (Wildman–Crippen MR) is 113 cm³/mol. The van der Waals surface area contributed by atoms with Gasteiger partial charge in [-0.15, -0.1) is 0 Å². The van der Waals surface area contributed by atoms with Crippen LogP contribution in [0.1, 0.15) is 25.3 Å². The van der Waals surface area contributed by atoms with Gasteiger partial charge < -0.3 is 15.2 Å². The highest BCUT2D eigenvalue weighted by Gasteiger charge is 2.29. The molecular weight excluding hydrogens is 334 g/mol. The molecule has 2 N–H and O–H groups in total. The summed E-state index contributed by atoms with van der Waals surface area (Å²) < 4.78 is 0. The predicted octanol–water partition coefficient (Wildman–Crippen LogP) is 3.01. The second-order valence-corrected chi connectivity index (χ2v) is 7.51. The minimum absolute atomic E-state index is 0.662. The molecule has 4 rings (SSSR count). The van der Waals surface area contributed by atoms with Crippen molar-refractivity contribution in [2.45, 2.75) is 32.2 Å². The molecule has 5 nitrogen and oxygen atoms in total. The summed E-state index contributed by atoms with van der Waals surface area (Å²) in [5, 5.41) is 4.84. The first kappa shape index (κ1) is 18.1. The van der Waals surface area contributed by atoms with Gasteiger partial charge in [0.05, 0.1) is 0 Å². The highest BCUT2D eigenvalue weighted by atomic mass is 15.3. The molecule has 2 aromatic rings. The van der Waals surface area contributed by atoms with Crippen molar-refractivity contribution in [1.29, 1.82) is 0 Å². The molecule has 1 atom stereocenters. The molecule has 0 spiro atoms. The fourth-order valence-electron chi connectivity index (χ4n) is 4.24. The van der Waals surface area contributed by atoms with Crippen LogP contribution in [0.4, 0.5) is 0 Å². The Balaban J connectivity index is 1.31. The van der Waals surface area contributed by atoms with E-state index in [9.17, 15) is 0 Å². The first-order valence-electron chi connectivity index (χ1n) is 10.3. The molecule has 1 fully saturated rings. The molecule has 1 aromatic carbocycles. The normalized spacial score (nSPS) is 20.9. The number of H-pyrrole nitrogens is 1. The van der Waals surface area contributed by atoms with Gasteiger partial charge in [0.25, 0.3) is 0 Å². The summed E-state index contributed by atoms with van der Waals surface area (Å²) in [6.45, 7) is 8.36. The molecular formula is C22H31N5. The average molecular weight is 366 g/mol. The van der Waals surface area contributed by atoms with Crippen LogP contribution in [0.2, 0.25) is 0 Å². The van der Waals surface area contributed by atoms with Gasteiger partial charge in [0.1, 0.15) is 0 Å². The number of likely N-dealkylation sites (tertiary alicyclic amines) is 1. The standard InChI is InChI=1S/C22H31N5/c1-2-23-22(27-15-11-19(17-27)26-13-5-6-14-26)24-12-7-8-18-16-25-21-10-4-3-9-20(18)21/h3-6,9-10,16,19,25H,2,7-8,11-15,17H2,1H3,(H,23,24). The third-order valence-electron chi connectivity index (χ3n) is 5.70. The maximum atomic E-state index is 4.92. The molecule has 2 aliphatic heterocycles. The van der Waals surface area contributed by atoms with Gasteiger partial charge in [-0.2, -0.15) is 0 Å². The Labute approximate surface area is 162 Å². The number of rotatable bonds is 6. The zero-order valence-electron chi connectivity index (χ0n) is 16.3. The van der Waals surface area contributed by atoms with Gasteiger partial charge >= 0.3 is 0 Å². The van der Waals surface area contributed by atoms with Crippen molar-refractivity contribution in [3.05, 3.63) is 48.2 Å². The zero-order valence-corrected chi connectivity index (χ0v) is 16.3. The number of aromatic nitrogens is 1. The SMILES string of the molecule is CCNC(=NCCCc1c[nH]c2ccccc12)N1CCC(N2CC=CC2)C1. The molecule has 0 bridgehead atoms. The lowest BCUT2D eigenvalue weighted by molar-refractivity contribution is 0.259. The maximum absolute atomic E-state index is 4.92. The number of guanidine groups is 1. The highest BCUT2D eigenvalue weighted by Crippen LogP contribution is 2.20. The van der Waals surface area contributed by atoms with Gasteiger partial charge in [-0.05, 0) is 37.8 Å². The number of nitrogens with zero attached hydrogens (tertiary/aromatic N) is 3. The van der Waals surface area contributed by atoms with Crippen molar-refractivity contribution in [2.75, 3.05) is 39.3 Å². The fourth-order valence-corrected chi connectivity index (χ4v) is 4.24. The number of benzene rings is 1. The maximum Gasteiger partial charge on any atom is 0.193 e. The van der Waals surface area contributed by atoms with E-state index in [1.54, 1.807) is 0 Å². The van der Waals surface area contributed by atoms with Crippen LogP contribution < -0.4 is 5.32 Å². The van der Waals surface area contributed by atoms with Crippen molar-refractivity contribution in [2.24, 2.45) is 4.99 Å². The van der Waals surface area contributed by atoms with Crippen LogP contribution in [-0.2, 0) is 6.42 Å². The first-order chi connectivity index (χ1) is 13.3. The van der Waals surface area contributed by atoms with E-state index in [0.29, 0.717) is 6.04 Å². The van der Waals surface area contributed by atoms with Gasteiger partial charge in [-0.1, -0.05) is 30.4 Å². The van der Waals surface area contributed by atoms with E-state index in [1.807, 2.05) is 0 Å². The van der Waals surface area contributed by atoms with Crippen LogP contribution in [0, 0.1) is 0 Å². The zero-order chi connectivity index (χ0) is 18.5. The Bertz CT molecular complexity index is 798. The number of hydrogen-bond donors (Lipinski definition) is 2. The topological polar surface area (TPSA) is 46.7 Å². The van der Waals surface area contributed by atoms with Crippen molar-refractivity contribution in [3.8, 4) is 0 Å². The Hall–Kier alpha value is -2.27. The van der Waals surface area contributed by atoms with Crippen molar-refractivity contribution < 1.29 is 0 Å². The molecule has 3 heterocycles. The molecule has 0 amide bonds. The summed E-state index contributed by atoms with van der Waals surface area (Å²) in [5.41, 5.74) is 2.62. The Morgan fingerprint density at radius 1 is 1.26 bits per heavy atom. The number of para-hydroxylation sites is 1. The Kier molecular flexibility index (Phi) is 5.78. The molecule has 0 aliphatic carbocycles. The van der Waals surface area contributed by atoms with E-state index in [0.717, 1.165) is 58.1 Å². The Morgan fingerprint density at radius 3 is 2.96 bits per heavy atom. The van der Waals surface area contributed by atoms with E-state index >= 15 is 0 Å². The van der Waals surface area contributed by atoms with E-state index < -0.39 is 0 Å². The van der Waals surface area contributed by atoms with Gasteiger partial charge in [-0.3, -0.25) is 9.89 Å². The molecule has 144 valence electrons. The van der Waals surface area contributed by atoms with Crippen LogP contribution in [0.25, 0.3) is 10.9 Å². The largest absolute Gasteiger partial charge is 0.361 e. The molecule has 0 radical (unpaired) electrons. The quantitative estimate of drug-likeness (QED) is 0.358. The van der Waals surface area contributed by atoms with Crippen LogP contribution in [-0.4, -0.2) is 66.1 Å². The van der Waals surface area contributed by atoms with Crippen LogP contribution >= 0.6 is 0 Å². The van der Waals surface area contributed by atoms with Gasteiger partial charge in [-0.25, -0.2) is 0 Å². The smallest absolute Gasteiger partial charge is 0.193 e. The number of fused-ring (bicyclic) bond motifs is 1. The number of aryl methyl sites for hydroxylation is 1. The molecule has 0 saturated carbocycles. The van der Waals surface area contributed by atoms with E-state index in [2.05, 4.69) is 69.6 Å². The Morgan fingerprint density at radius 2 is 2.11 bits per heavy atom. The summed E-state index contributed by atoms with van der Waals surface area (Å²) in [4.78, 5) is 13.3. The highest BCUT2D eigenvalue weighted by molar-refractivity contribution is 5.83. The molecule has 1 unspecified atom stereocenters. The number of nitrogens with one attached hydrogen (secondary N) is 2. The van der Waals surface area contributed by atoms with Crippen molar-refractivity contribution in [3.63, 3.8) is 0 Å². The number of hydrogen-bond acceptors (Lipinski definition) is 2. The average Bonchev–Trinajstić information content (AvgIpc) is 3.45. The third-order valence-corrected chi connectivity index (χ3v) is 5.70. The first-order valence-corrected chi connectivity index (χ1v) is 10.3. The van der Waals surface area contributed by atoms with Gasteiger partial charge in [0.2, 0.25) is 0 Å². The minimum atomic E-state index is 0.662. The van der Waals surface area contributed by atoms with E-state index in [-0.39, 0.29) is 0 Å². The van der Waals surface area contributed by atoms with Crippen LogP contribution in [0.3, 0.4) is 0 Å². The van der Waals surface area contributed by atoms with E-state index in [4.69, 9.17) is 4.99 Å². The van der Waals surface area contributed by atoms with Crippen LogP contribution in [0.5, 0.6) is 0 Å². The van der Waals surface area contributed by atoms with Gasteiger partial charge in [0, 0.05) is 62.4 Å². The number of aromatic amines is 1. The lowest BCUT2D eigenvalue weighted by Crippen LogP contribution is -2.42. The second-order valence-electron chi connectivity index (χ2n) is 7.51. The molecule has 5 heteroatoms. The summed E-state index contributed by atoms with van der Waals surface area (Å²) in [6, 6.07) is 9.19. The molecule has 1 saturated heterocycles. The molecule has 27 heavy (non-hydrogen) atoms. The minimum Gasteiger partial charge on any atom is -0.361 e. The third kappa shape index (κ3) is 4.19. The van der Waals surface area contributed by atoms with E-state index in [1.165, 1.54) is 22.9 Å². The second kappa shape index (κ2) is 8.61. The summed E-state index contributed by atoms with van der Waals surface area (Å²) in [6.07, 6.45) is 10.1. The summed E-state index contributed by atoms with van der Waals surface area (Å²) in [7, 11) is 0. The van der Waals surface area contributed by atoms with Gasteiger partial charge in [0.15, 0.2) is 5.96 Å². The van der Waals surface area contributed by atoms with Crippen LogP contribution in [0.15, 0.2) is 47.6 Å². The number of aliphatic imine (C=N–C) groups is 1. The monoisotopic (exact) mass is 365 g/mol. The molecule has 1 aromatic heterocycles. The fraction of sp³-hybridized carbons (Fsp3) is 0.500. The van der Waals surface area contributed by atoms with Crippen molar-refractivity contribution >= 4 is 16.9 Å². The molecule has 2 aliphatic rings. The van der Waals surface area contributed by atoms with Crippen molar-refractivity contribution in [1.82, 2.24) is 20.1 Å². The lowest BCUT2D eigenvalue weighted by atomic mass is 10.1. The summed E-state index contributed by atoms with van der Waals surface area (Å²) in [5.74, 6) is 1.09. The summed E-state index contributed by atoms with van der Waals surface area (Å²) >= 11 is 0. The lowest BCUT2D eigenvalue weighted by Gasteiger charge is -2.25.